The van der Waals surface area contributed by atoms with Crippen LogP contribution in [-0.4, -0.2) is 54.5 Å². The van der Waals surface area contributed by atoms with Crippen LogP contribution in [0, 0.1) is 5.92 Å². The molecule has 1 amide bonds. The molecule has 1 saturated carbocycles. The van der Waals surface area contributed by atoms with E-state index in [0.717, 1.165) is 24.3 Å². The van der Waals surface area contributed by atoms with Gasteiger partial charge < -0.3 is 24.2 Å². The number of hydrogen-bond donors (Lipinski definition) is 1. The highest BCUT2D eigenvalue weighted by Crippen LogP contribution is 2.27. The first-order valence-electron chi connectivity index (χ1n) is 13.1. The number of para-hydroxylation sites is 1. The third kappa shape index (κ3) is 9.53. The molecule has 1 aliphatic carbocycles. The molecule has 196 valence electrons. The Bertz CT molecular complexity index is 911. The van der Waals surface area contributed by atoms with Crippen LogP contribution < -0.4 is 9.47 Å². The van der Waals surface area contributed by atoms with E-state index < -0.39 is 12.1 Å². The van der Waals surface area contributed by atoms with Crippen molar-refractivity contribution >= 4 is 12.1 Å². The van der Waals surface area contributed by atoms with Crippen molar-refractivity contribution in [2.24, 2.45) is 5.92 Å². The maximum absolute atomic E-state index is 12.9. The van der Waals surface area contributed by atoms with Gasteiger partial charge >= 0.3 is 12.1 Å². The molecule has 36 heavy (non-hydrogen) atoms. The molecule has 7 nitrogen and oxygen atoms in total. The summed E-state index contributed by atoms with van der Waals surface area (Å²) in [6.45, 7) is 3.52. The molecule has 1 unspecified atom stereocenters. The third-order valence-electron chi connectivity index (χ3n) is 6.59. The Morgan fingerprint density at radius 2 is 1.69 bits per heavy atom. The highest BCUT2D eigenvalue weighted by Gasteiger charge is 2.19. The lowest BCUT2D eigenvalue weighted by Gasteiger charge is -2.25. The van der Waals surface area contributed by atoms with E-state index in [1.807, 2.05) is 42.5 Å². The molecular formula is C29H39NO6. The smallest absolute Gasteiger partial charge is 0.415 e. The Kier molecular flexibility index (Phi) is 11.6. The van der Waals surface area contributed by atoms with Crippen molar-refractivity contribution in [1.29, 1.82) is 0 Å². The highest BCUT2D eigenvalue weighted by atomic mass is 16.6. The minimum atomic E-state index is -0.969. The summed E-state index contributed by atoms with van der Waals surface area (Å²) < 4.78 is 16.8. The summed E-state index contributed by atoms with van der Waals surface area (Å²) in [5.74, 6) is 0.996. The normalized spacial score (nSPS) is 14.7. The number of hydrogen-bond acceptors (Lipinski definition) is 5. The van der Waals surface area contributed by atoms with Gasteiger partial charge in [0.2, 0.25) is 0 Å². The van der Waals surface area contributed by atoms with Crippen LogP contribution in [-0.2, 0) is 16.0 Å². The summed E-state index contributed by atoms with van der Waals surface area (Å²) in [5, 5.41) is 9.27. The molecule has 1 atom stereocenters. The standard InChI is InChI=1S/C29H39NO6/c1-2-34-27(28(31)32)22-24-15-17-25(18-16-24)35-21-20-30(19-9-12-23-10-5-3-6-11-23)29(33)36-26-13-7-4-8-14-26/h4,7-8,13-18,23,27H,2-3,5-6,9-12,19-22H2,1H3,(H,31,32). The number of amides is 1. The van der Waals surface area contributed by atoms with Gasteiger partial charge in [-0.1, -0.05) is 62.4 Å². The molecule has 0 saturated heterocycles. The van der Waals surface area contributed by atoms with E-state index in [1.165, 1.54) is 32.1 Å². The number of carbonyl (C=O) groups is 2. The van der Waals surface area contributed by atoms with Crippen LogP contribution in [0.15, 0.2) is 54.6 Å². The predicted octanol–water partition coefficient (Wildman–Crippen LogP) is 5.96. The van der Waals surface area contributed by atoms with Crippen LogP contribution in [0.5, 0.6) is 11.5 Å². The lowest BCUT2D eigenvalue weighted by atomic mass is 9.86. The van der Waals surface area contributed by atoms with Gasteiger partial charge in [-0.25, -0.2) is 9.59 Å². The SMILES string of the molecule is CCOC(Cc1ccc(OCCN(CCCC2CCCCC2)C(=O)Oc2ccccc2)cc1)C(=O)O. The second-order valence-corrected chi connectivity index (χ2v) is 9.29. The Hall–Kier alpha value is -3.06. The van der Waals surface area contributed by atoms with Gasteiger partial charge in [0.25, 0.3) is 0 Å². The molecule has 0 aliphatic heterocycles. The molecule has 1 N–H and O–H groups in total. The summed E-state index contributed by atoms with van der Waals surface area (Å²) in [6, 6.07) is 16.4. The second-order valence-electron chi connectivity index (χ2n) is 9.29. The van der Waals surface area contributed by atoms with Crippen molar-refractivity contribution in [1.82, 2.24) is 4.90 Å². The molecule has 3 rings (SSSR count). The van der Waals surface area contributed by atoms with Crippen molar-refractivity contribution in [3.05, 3.63) is 60.2 Å². The zero-order valence-electron chi connectivity index (χ0n) is 21.3. The number of carboxylic acid groups (broad SMARTS) is 1. The molecule has 0 aromatic heterocycles. The van der Waals surface area contributed by atoms with Crippen LogP contribution in [0.4, 0.5) is 4.79 Å². The van der Waals surface area contributed by atoms with Gasteiger partial charge in [-0.05, 0) is 55.5 Å². The van der Waals surface area contributed by atoms with Crippen LogP contribution in [0.1, 0.15) is 57.4 Å². The molecule has 0 radical (unpaired) electrons. The van der Waals surface area contributed by atoms with E-state index in [0.29, 0.717) is 44.2 Å². The maximum atomic E-state index is 12.9. The third-order valence-corrected chi connectivity index (χ3v) is 6.59. The lowest BCUT2D eigenvalue weighted by Crippen LogP contribution is -2.37. The van der Waals surface area contributed by atoms with Crippen LogP contribution >= 0.6 is 0 Å². The van der Waals surface area contributed by atoms with Gasteiger partial charge in [0.1, 0.15) is 18.1 Å². The van der Waals surface area contributed by atoms with E-state index in [-0.39, 0.29) is 6.09 Å². The monoisotopic (exact) mass is 497 g/mol. The first-order chi connectivity index (χ1) is 17.5. The fourth-order valence-electron chi connectivity index (χ4n) is 4.62. The van der Waals surface area contributed by atoms with Crippen molar-refractivity contribution in [3.8, 4) is 11.5 Å². The molecule has 2 aromatic rings. The van der Waals surface area contributed by atoms with E-state index in [9.17, 15) is 14.7 Å². The van der Waals surface area contributed by atoms with Gasteiger partial charge in [0.15, 0.2) is 6.10 Å². The number of carbonyl (C=O) groups excluding carboxylic acids is 1. The van der Waals surface area contributed by atoms with Crippen LogP contribution in [0.2, 0.25) is 0 Å². The molecule has 1 aliphatic rings. The quantitative estimate of drug-likeness (QED) is 0.347. The van der Waals surface area contributed by atoms with Crippen molar-refractivity contribution in [2.45, 2.75) is 64.4 Å². The van der Waals surface area contributed by atoms with Gasteiger partial charge in [0, 0.05) is 19.6 Å². The van der Waals surface area contributed by atoms with Gasteiger partial charge in [-0.3, -0.25) is 0 Å². The summed E-state index contributed by atoms with van der Waals surface area (Å²) >= 11 is 0. The fraction of sp³-hybridized carbons (Fsp3) is 0.517. The lowest BCUT2D eigenvalue weighted by molar-refractivity contribution is -0.149. The predicted molar refractivity (Wildman–Crippen MR) is 139 cm³/mol. The number of ether oxygens (including phenoxy) is 3. The minimum Gasteiger partial charge on any atom is -0.492 e. The Morgan fingerprint density at radius 1 is 0.972 bits per heavy atom. The topological polar surface area (TPSA) is 85.3 Å². The summed E-state index contributed by atoms with van der Waals surface area (Å²) in [6.07, 6.45) is 7.74. The molecule has 2 aromatic carbocycles. The number of aliphatic carboxylic acids is 1. The molecule has 7 heteroatoms. The van der Waals surface area contributed by atoms with E-state index in [4.69, 9.17) is 14.2 Å². The van der Waals surface area contributed by atoms with Crippen LogP contribution in [0.25, 0.3) is 0 Å². The molecule has 0 heterocycles. The first kappa shape index (κ1) is 27.5. The highest BCUT2D eigenvalue weighted by molar-refractivity contribution is 5.72. The Balaban J connectivity index is 1.50. The minimum absolute atomic E-state index is 0.295. The largest absolute Gasteiger partial charge is 0.492 e. The number of rotatable bonds is 14. The number of nitrogens with zero attached hydrogens (tertiary/aromatic N) is 1. The average Bonchev–Trinajstić information content (AvgIpc) is 2.89. The molecule has 1 fully saturated rings. The summed E-state index contributed by atoms with van der Waals surface area (Å²) in [7, 11) is 0. The van der Waals surface area contributed by atoms with Crippen molar-refractivity contribution in [3.63, 3.8) is 0 Å². The van der Waals surface area contributed by atoms with Crippen molar-refractivity contribution in [2.75, 3.05) is 26.3 Å². The summed E-state index contributed by atoms with van der Waals surface area (Å²) in [4.78, 5) is 25.9. The average molecular weight is 498 g/mol. The zero-order chi connectivity index (χ0) is 25.6. The second kappa shape index (κ2) is 15.1. The zero-order valence-corrected chi connectivity index (χ0v) is 21.3. The number of benzene rings is 2. The maximum Gasteiger partial charge on any atom is 0.415 e. The van der Waals surface area contributed by atoms with E-state index >= 15 is 0 Å². The number of carboxylic acids is 1. The molecular weight excluding hydrogens is 458 g/mol. The van der Waals surface area contributed by atoms with Gasteiger partial charge in [0.05, 0.1) is 6.54 Å². The van der Waals surface area contributed by atoms with Crippen LogP contribution in [0.3, 0.4) is 0 Å². The first-order valence-corrected chi connectivity index (χ1v) is 13.1. The van der Waals surface area contributed by atoms with Gasteiger partial charge in [-0.15, -0.1) is 0 Å². The molecule has 0 bridgehead atoms. The van der Waals surface area contributed by atoms with Gasteiger partial charge in [-0.2, -0.15) is 0 Å². The van der Waals surface area contributed by atoms with E-state index in [2.05, 4.69) is 0 Å². The van der Waals surface area contributed by atoms with E-state index in [1.54, 1.807) is 24.0 Å². The summed E-state index contributed by atoms with van der Waals surface area (Å²) in [5.41, 5.74) is 0.860. The Morgan fingerprint density at radius 3 is 2.36 bits per heavy atom. The Labute approximate surface area is 214 Å². The molecule has 0 spiro atoms. The fourth-order valence-corrected chi connectivity index (χ4v) is 4.62. The van der Waals surface area contributed by atoms with Crippen molar-refractivity contribution < 1.29 is 28.9 Å².